The van der Waals surface area contributed by atoms with Gasteiger partial charge in [-0.2, -0.15) is 0 Å². The predicted octanol–water partition coefficient (Wildman–Crippen LogP) is 3.93. The van der Waals surface area contributed by atoms with E-state index in [0.717, 1.165) is 22.6 Å². The minimum Gasteiger partial charge on any atom is -0.382 e. The molecular weight excluding hydrogens is 360 g/mol. The van der Waals surface area contributed by atoms with Crippen molar-refractivity contribution in [3.63, 3.8) is 0 Å². The molecule has 2 N–H and O–H groups in total. The van der Waals surface area contributed by atoms with Crippen LogP contribution >= 0.6 is 11.8 Å². The summed E-state index contributed by atoms with van der Waals surface area (Å²) in [5.74, 6) is -0.223. The molecular formula is C21H22N2O3S. The van der Waals surface area contributed by atoms with Crippen LogP contribution in [0.5, 0.6) is 0 Å². The number of anilines is 1. The van der Waals surface area contributed by atoms with Crippen molar-refractivity contribution in [1.82, 2.24) is 5.32 Å². The van der Waals surface area contributed by atoms with Gasteiger partial charge in [-0.1, -0.05) is 36.0 Å². The van der Waals surface area contributed by atoms with E-state index in [-0.39, 0.29) is 11.8 Å². The zero-order valence-corrected chi connectivity index (χ0v) is 16.0. The molecule has 0 saturated carbocycles. The van der Waals surface area contributed by atoms with Crippen molar-refractivity contribution < 1.29 is 14.3 Å². The number of ether oxygens (including phenoxy) is 1. The van der Waals surface area contributed by atoms with Gasteiger partial charge in [0, 0.05) is 30.2 Å². The molecule has 0 spiro atoms. The minimum absolute atomic E-state index is 0.107. The largest absolute Gasteiger partial charge is 0.382 e. The Labute approximate surface area is 163 Å². The Balaban J connectivity index is 1.61. The Kier molecular flexibility index (Phi) is 6.68. The van der Waals surface area contributed by atoms with E-state index >= 15 is 0 Å². The fraction of sp³-hybridized carbons (Fsp3) is 0.238. The van der Waals surface area contributed by atoms with Crippen LogP contribution in [0.1, 0.15) is 29.3 Å². The lowest BCUT2D eigenvalue weighted by Crippen LogP contribution is -2.25. The number of thioether (sulfide) groups is 1. The molecule has 0 atom stereocenters. The number of hydrogen-bond donors (Lipinski definition) is 2. The average molecular weight is 382 g/mol. The molecule has 0 aliphatic carbocycles. The highest BCUT2D eigenvalue weighted by Gasteiger charge is 2.20. The quantitative estimate of drug-likeness (QED) is 0.562. The van der Waals surface area contributed by atoms with Crippen molar-refractivity contribution in [2.75, 3.05) is 25.1 Å². The molecule has 0 fully saturated rings. The molecule has 1 aliphatic rings. The van der Waals surface area contributed by atoms with E-state index in [4.69, 9.17) is 4.74 Å². The molecule has 2 aromatic rings. The van der Waals surface area contributed by atoms with E-state index in [1.165, 1.54) is 11.8 Å². The molecule has 0 unspecified atom stereocenters. The van der Waals surface area contributed by atoms with Crippen LogP contribution in [-0.2, 0) is 9.53 Å². The molecule has 2 amide bonds. The molecule has 6 heteroatoms. The number of amides is 2. The normalized spacial score (nSPS) is 14.6. The van der Waals surface area contributed by atoms with E-state index in [1.54, 1.807) is 12.1 Å². The van der Waals surface area contributed by atoms with Crippen LogP contribution in [0.2, 0.25) is 0 Å². The third-order valence-corrected chi connectivity index (χ3v) is 5.10. The van der Waals surface area contributed by atoms with Gasteiger partial charge in [-0.3, -0.25) is 9.59 Å². The third-order valence-electron chi connectivity index (χ3n) is 4.00. The van der Waals surface area contributed by atoms with Gasteiger partial charge >= 0.3 is 0 Å². The molecule has 5 nitrogen and oxygen atoms in total. The summed E-state index contributed by atoms with van der Waals surface area (Å²) in [7, 11) is 0. The lowest BCUT2D eigenvalue weighted by molar-refractivity contribution is -0.112. The first-order valence-corrected chi connectivity index (χ1v) is 9.75. The number of para-hydroxylation sites is 1. The smallest absolute Gasteiger partial charge is 0.262 e. The second-order valence-corrected chi connectivity index (χ2v) is 7.07. The van der Waals surface area contributed by atoms with Crippen molar-refractivity contribution in [1.29, 1.82) is 0 Å². The maximum atomic E-state index is 12.3. The van der Waals surface area contributed by atoms with Gasteiger partial charge in [0.2, 0.25) is 0 Å². The zero-order valence-electron chi connectivity index (χ0n) is 15.2. The van der Waals surface area contributed by atoms with Crippen LogP contribution in [0, 0.1) is 0 Å². The van der Waals surface area contributed by atoms with Crippen molar-refractivity contribution in [2.45, 2.75) is 18.2 Å². The highest BCUT2D eigenvalue weighted by atomic mass is 32.2. The number of fused-ring (bicyclic) bond motifs is 1. The number of carbonyl (C=O) groups is 2. The standard InChI is InChI=1S/C21H22N2O3S/c1-2-26-13-5-12-22-20(24)16-10-8-15(9-11-16)14-19-21(25)23-17-6-3-4-7-18(17)27-19/h3-4,6-11,14H,2,5,12-13H2,1H3,(H,22,24)(H,23,25)/b19-14+. The number of carbonyl (C=O) groups excluding carboxylic acids is 2. The summed E-state index contributed by atoms with van der Waals surface area (Å²) in [6.07, 6.45) is 2.62. The lowest BCUT2D eigenvalue weighted by Gasteiger charge is -2.18. The fourth-order valence-corrected chi connectivity index (χ4v) is 3.56. The number of nitrogens with one attached hydrogen (secondary N) is 2. The third kappa shape index (κ3) is 5.21. The van der Waals surface area contributed by atoms with Crippen LogP contribution in [0.25, 0.3) is 6.08 Å². The van der Waals surface area contributed by atoms with E-state index in [2.05, 4.69) is 10.6 Å². The molecule has 0 aromatic heterocycles. The van der Waals surface area contributed by atoms with Crippen LogP contribution in [0.15, 0.2) is 58.3 Å². The molecule has 2 aromatic carbocycles. The maximum absolute atomic E-state index is 12.3. The molecule has 1 heterocycles. The number of rotatable bonds is 7. The lowest BCUT2D eigenvalue weighted by atomic mass is 10.1. The number of benzene rings is 2. The molecule has 140 valence electrons. The number of hydrogen-bond acceptors (Lipinski definition) is 4. The Morgan fingerprint density at radius 2 is 1.96 bits per heavy atom. The summed E-state index contributed by atoms with van der Waals surface area (Å²) < 4.78 is 5.25. The summed E-state index contributed by atoms with van der Waals surface area (Å²) in [5, 5.41) is 5.77. The molecule has 0 saturated heterocycles. The topological polar surface area (TPSA) is 67.4 Å². The summed E-state index contributed by atoms with van der Waals surface area (Å²) in [6.45, 7) is 3.86. The van der Waals surface area contributed by atoms with Gasteiger partial charge < -0.3 is 15.4 Å². The van der Waals surface area contributed by atoms with E-state index in [9.17, 15) is 9.59 Å². The Morgan fingerprint density at radius 1 is 1.19 bits per heavy atom. The van der Waals surface area contributed by atoms with Crippen LogP contribution in [0.4, 0.5) is 5.69 Å². The zero-order chi connectivity index (χ0) is 19.1. The summed E-state index contributed by atoms with van der Waals surface area (Å²) in [5.41, 5.74) is 2.31. The van der Waals surface area contributed by atoms with E-state index in [1.807, 2.05) is 49.4 Å². The van der Waals surface area contributed by atoms with Crippen LogP contribution < -0.4 is 10.6 Å². The molecule has 3 rings (SSSR count). The second kappa shape index (κ2) is 9.39. The minimum atomic E-state index is -0.116. The van der Waals surface area contributed by atoms with Crippen LogP contribution in [-0.4, -0.2) is 31.6 Å². The molecule has 0 bridgehead atoms. The molecule has 27 heavy (non-hydrogen) atoms. The Morgan fingerprint density at radius 3 is 2.74 bits per heavy atom. The van der Waals surface area contributed by atoms with Gasteiger partial charge in [0.15, 0.2) is 0 Å². The maximum Gasteiger partial charge on any atom is 0.262 e. The SMILES string of the molecule is CCOCCCNC(=O)c1ccc(/C=C2/Sc3ccccc3NC2=O)cc1. The summed E-state index contributed by atoms with van der Waals surface area (Å²) >= 11 is 1.45. The fourth-order valence-electron chi connectivity index (χ4n) is 2.61. The second-order valence-electron chi connectivity index (χ2n) is 5.99. The first kappa shape index (κ1) is 19.2. The van der Waals surface area contributed by atoms with Crippen LogP contribution in [0.3, 0.4) is 0 Å². The molecule has 1 aliphatic heterocycles. The van der Waals surface area contributed by atoms with Gasteiger partial charge in [-0.05, 0) is 49.2 Å². The summed E-state index contributed by atoms with van der Waals surface area (Å²) in [4.78, 5) is 26.0. The molecule has 0 radical (unpaired) electrons. The van der Waals surface area contributed by atoms with Gasteiger partial charge in [-0.15, -0.1) is 0 Å². The predicted molar refractivity (Wildman–Crippen MR) is 109 cm³/mol. The average Bonchev–Trinajstić information content (AvgIpc) is 2.69. The van der Waals surface area contributed by atoms with Gasteiger partial charge in [0.25, 0.3) is 11.8 Å². The Bertz CT molecular complexity index is 847. The van der Waals surface area contributed by atoms with Crippen molar-refractivity contribution >= 4 is 35.3 Å². The van der Waals surface area contributed by atoms with Gasteiger partial charge in [0.05, 0.1) is 10.6 Å². The highest BCUT2D eigenvalue weighted by Crippen LogP contribution is 2.38. The monoisotopic (exact) mass is 382 g/mol. The van der Waals surface area contributed by atoms with Crippen molar-refractivity contribution in [3.05, 3.63) is 64.6 Å². The van der Waals surface area contributed by atoms with Crippen molar-refractivity contribution in [3.8, 4) is 0 Å². The van der Waals surface area contributed by atoms with Crippen molar-refractivity contribution in [2.24, 2.45) is 0 Å². The van der Waals surface area contributed by atoms with Gasteiger partial charge in [0.1, 0.15) is 0 Å². The highest BCUT2D eigenvalue weighted by molar-refractivity contribution is 8.04. The summed E-state index contributed by atoms with van der Waals surface area (Å²) in [6, 6.07) is 14.9. The van der Waals surface area contributed by atoms with E-state index < -0.39 is 0 Å². The van der Waals surface area contributed by atoms with Gasteiger partial charge in [-0.25, -0.2) is 0 Å². The first-order valence-electron chi connectivity index (χ1n) is 8.93. The first-order chi connectivity index (χ1) is 13.2. The Hall–Kier alpha value is -2.57. The van der Waals surface area contributed by atoms with E-state index in [0.29, 0.717) is 30.2 Å².